The molecule has 1 aromatic heterocycles. The Labute approximate surface area is 153 Å². The first-order chi connectivity index (χ1) is 12.6. The van der Waals surface area contributed by atoms with Crippen molar-refractivity contribution in [2.75, 3.05) is 6.61 Å². The van der Waals surface area contributed by atoms with Crippen LogP contribution in [0.5, 0.6) is 5.75 Å². The van der Waals surface area contributed by atoms with Crippen LogP contribution < -0.4 is 4.74 Å². The largest absolute Gasteiger partial charge is 0.493 e. The molecule has 2 aromatic carbocycles. The number of rotatable bonds is 4. The van der Waals surface area contributed by atoms with Crippen molar-refractivity contribution in [3.05, 3.63) is 71.4 Å². The maximum absolute atomic E-state index is 13.1. The van der Waals surface area contributed by atoms with Crippen LogP contribution in [0.3, 0.4) is 0 Å². The van der Waals surface area contributed by atoms with Crippen LogP contribution in [0.15, 0.2) is 54.7 Å². The predicted octanol–water partition coefficient (Wildman–Crippen LogP) is 4.22. The molecule has 1 aliphatic rings. The van der Waals surface area contributed by atoms with Gasteiger partial charge in [0.15, 0.2) is 0 Å². The van der Waals surface area contributed by atoms with Gasteiger partial charge < -0.3 is 9.64 Å². The van der Waals surface area contributed by atoms with Crippen LogP contribution in [0.4, 0.5) is 0 Å². The number of amides is 1. The highest BCUT2D eigenvalue weighted by molar-refractivity contribution is 5.95. The van der Waals surface area contributed by atoms with Crippen molar-refractivity contribution in [2.24, 2.45) is 0 Å². The number of hydrogen-bond acceptors (Lipinski definition) is 3. The number of nitrogens with zero attached hydrogens (tertiary/aromatic N) is 2. The van der Waals surface area contributed by atoms with E-state index in [-0.39, 0.29) is 11.9 Å². The van der Waals surface area contributed by atoms with E-state index in [1.54, 1.807) is 0 Å². The van der Waals surface area contributed by atoms with Crippen molar-refractivity contribution >= 4 is 16.8 Å². The zero-order chi connectivity index (χ0) is 18.1. The zero-order valence-electron chi connectivity index (χ0n) is 15.1. The molecule has 1 aliphatic heterocycles. The van der Waals surface area contributed by atoms with Crippen molar-refractivity contribution < 1.29 is 9.53 Å². The van der Waals surface area contributed by atoms with Gasteiger partial charge in [-0.2, -0.15) is 0 Å². The molecule has 2 heterocycles. The molecule has 0 unspecified atom stereocenters. The molecule has 132 valence electrons. The van der Waals surface area contributed by atoms with Gasteiger partial charge in [0.05, 0.1) is 12.1 Å². The second-order valence-electron chi connectivity index (χ2n) is 6.98. The molecule has 1 amide bonds. The van der Waals surface area contributed by atoms with E-state index in [1.165, 1.54) is 0 Å². The average molecular weight is 346 g/mol. The van der Waals surface area contributed by atoms with Gasteiger partial charge in [-0.15, -0.1) is 0 Å². The molecule has 4 heteroatoms. The number of pyridine rings is 1. The van der Waals surface area contributed by atoms with Crippen LogP contribution in [0.2, 0.25) is 0 Å². The van der Waals surface area contributed by atoms with Crippen LogP contribution in [-0.4, -0.2) is 28.4 Å². The lowest BCUT2D eigenvalue weighted by molar-refractivity contribution is 0.0690. The molecule has 0 spiro atoms. The van der Waals surface area contributed by atoms with Gasteiger partial charge in [0.1, 0.15) is 5.75 Å². The quantitative estimate of drug-likeness (QED) is 0.710. The van der Waals surface area contributed by atoms with Crippen LogP contribution in [-0.2, 0) is 13.0 Å². The summed E-state index contributed by atoms with van der Waals surface area (Å²) < 4.78 is 5.54. The highest BCUT2D eigenvalue weighted by atomic mass is 16.5. The first kappa shape index (κ1) is 16.6. The van der Waals surface area contributed by atoms with E-state index in [0.29, 0.717) is 13.2 Å². The summed E-state index contributed by atoms with van der Waals surface area (Å²) in [5.41, 5.74) is 3.84. The highest BCUT2D eigenvalue weighted by Gasteiger charge is 2.22. The first-order valence-corrected chi connectivity index (χ1v) is 9.02. The Morgan fingerprint density at radius 1 is 1.19 bits per heavy atom. The maximum atomic E-state index is 13.1. The fraction of sp³-hybridized carbons (Fsp3) is 0.273. The van der Waals surface area contributed by atoms with Crippen molar-refractivity contribution in [3.63, 3.8) is 0 Å². The number of hydrogen-bond donors (Lipinski definition) is 0. The van der Waals surface area contributed by atoms with Gasteiger partial charge in [0, 0.05) is 36.2 Å². The number of carbonyl (C=O) groups excluding carboxylic acids is 1. The first-order valence-electron chi connectivity index (χ1n) is 9.02. The Balaban J connectivity index is 1.61. The number of benzene rings is 2. The third kappa shape index (κ3) is 3.15. The number of aromatic nitrogens is 1. The normalized spacial score (nSPS) is 12.9. The fourth-order valence-corrected chi connectivity index (χ4v) is 3.37. The van der Waals surface area contributed by atoms with Crippen LogP contribution in [0.1, 0.15) is 35.3 Å². The van der Waals surface area contributed by atoms with Gasteiger partial charge in [-0.3, -0.25) is 9.78 Å². The summed E-state index contributed by atoms with van der Waals surface area (Å²) in [6.45, 7) is 5.33. The average Bonchev–Trinajstić information content (AvgIpc) is 3.13. The van der Waals surface area contributed by atoms with E-state index in [0.717, 1.165) is 39.8 Å². The Hall–Kier alpha value is -2.88. The van der Waals surface area contributed by atoms with E-state index in [2.05, 4.69) is 11.1 Å². The van der Waals surface area contributed by atoms with E-state index in [4.69, 9.17) is 4.74 Å². The van der Waals surface area contributed by atoms with E-state index < -0.39 is 0 Å². The van der Waals surface area contributed by atoms with E-state index in [9.17, 15) is 4.79 Å². The third-order valence-electron chi connectivity index (χ3n) is 4.82. The molecule has 0 aliphatic carbocycles. The predicted molar refractivity (Wildman–Crippen MR) is 102 cm³/mol. The summed E-state index contributed by atoms with van der Waals surface area (Å²) >= 11 is 0. The Bertz CT molecular complexity index is 965. The van der Waals surface area contributed by atoms with Crippen LogP contribution >= 0.6 is 0 Å². The van der Waals surface area contributed by atoms with Gasteiger partial charge >= 0.3 is 0 Å². The monoisotopic (exact) mass is 346 g/mol. The summed E-state index contributed by atoms with van der Waals surface area (Å²) in [4.78, 5) is 19.5. The van der Waals surface area contributed by atoms with Gasteiger partial charge in [-0.05, 0) is 55.3 Å². The Morgan fingerprint density at radius 2 is 2.04 bits per heavy atom. The molecule has 4 rings (SSSR count). The molecule has 0 bridgehead atoms. The zero-order valence-corrected chi connectivity index (χ0v) is 15.1. The summed E-state index contributed by atoms with van der Waals surface area (Å²) in [6.07, 6.45) is 2.73. The number of para-hydroxylation sites is 1. The van der Waals surface area contributed by atoms with Gasteiger partial charge in [0.2, 0.25) is 0 Å². The van der Waals surface area contributed by atoms with E-state index in [1.807, 2.05) is 67.4 Å². The van der Waals surface area contributed by atoms with Gasteiger partial charge in [0.25, 0.3) is 5.91 Å². The fourth-order valence-electron chi connectivity index (χ4n) is 3.37. The van der Waals surface area contributed by atoms with Crippen molar-refractivity contribution in [3.8, 4) is 5.75 Å². The molecule has 0 radical (unpaired) electrons. The lowest BCUT2D eigenvalue weighted by atomic mass is 10.1. The minimum absolute atomic E-state index is 0.0443. The summed E-state index contributed by atoms with van der Waals surface area (Å²) in [7, 11) is 0. The molecule has 0 saturated carbocycles. The van der Waals surface area contributed by atoms with Crippen LogP contribution in [0.25, 0.3) is 10.9 Å². The molecule has 0 saturated heterocycles. The molecular weight excluding hydrogens is 324 g/mol. The molecule has 0 fully saturated rings. The summed E-state index contributed by atoms with van der Waals surface area (Å²) in [6, 6.07) is 16.0. The minimum atomic E-state index is 0.0443. The van der Waals surface area contributed by atoms with Gasteiger partial charge in [-0.1, -0.05) is 18.2 Å². The summed E-state index contributed by atoms with van der Waals surface area (Å²) in [5, 5.41) is 1.09. The lowest BCUT2D eigenvalue weighted by Gasteiger charge is -2.27. The number of ether oxygens (including phenoxy) is 1. The number of carbonyl (C=O) groups is 1. The molecule has 4 nitrogen and oxygen atoms in total. The molecule has 26 heavy (non-hydrogen) atoms. The lowest BCUT2D eigenvalue weighted by Crippen LogP contribution is -2.36. The van der Waals surface area contributed by atoms with Crippen molar-refractivity contribution in [1.29, 1.82) is 0 Å². The molecule has 0 atom stereocenters. The second-order valence-corrected chi connectivity index (χ2v) is 6.98. The molecule has 0 N–H and O–H groups in total. The van der Waals surface area contributed by atoms with E-state index >= 15 is 0 Å². The SMILES string of the molecule is CC(C)N(Cc1cnc2ccccc2c1)C(=O)c1ccc2c(c1)CCO2. The van der Waals surface area contributed by atoms with Crippen molar-refractivity contribution in [2.45, 2.75) is 32.9 Å². The maximum Gasteiger partial charge on any atom is 0.254 e. The van der Waals surface area contributed by atoms with Crippen molar-refractivity contribution in [1.82, 2.24) is 9.88 Å². The number of fused-ring (bicyclic) bond motifs is 2. The third-order valence-corrected chi connectivity index (χ3v) is 4.82. The molecule has 3 aromatic rings. The Morgan fingerprint density at radius 3 is 2.88 bits per heavy atom. The second kappa shape index (κ2) is 6.79. The topological polar surface area (TPSA) is 42.4 Å². The van der Waals surface area contributed by atoms with Gasteiger partial charge in [-0.25, -0.2) is 0 Å². The highest BCUT2D eigenvalue weighted by Crippen LogP contribution is 2.27. The molecular formula is C22H22N2O2. The minimum Gasteiger partial charge on any atom is -0.493 e. The Kier molecular flexibility index (Phi) is 4.33. The summed E-state index contributed by atoms with van der Waals surface area (Å²) in [5.74, 6) is 0.944. The van der Waals surface area contributed by atoms with Crippen LogP contribution in [0, 0.1) is 0 Å². The standard InChI is InChI=1S/C22H22N2O2/c1-15(2)24(14-16-11-17-5-3-4-6-20(17)23-13-16)22(25)19-7-8-21-18(12-19)9-10-26-21/h3-8,11-13,15H,9-10,14H2,1-2H3. The smallest absolute Gasteiger partial charge is 0.254 e.